The van der Waals surface area contributed by atoms with Crippen LogP contribution in [0.2, 0.25) is 17.5 Å². The molecule has 357 valence electrons. The van der Waals surface area contributed by atoms with Gasteiger partial charge in [-0.3, -0.25) is 33.8 Å². The molecule has 4 aromatic carbocycles. The van der Waals surface area contributed by atoms with Crippen molar-refractivity contribution in [1.29, 1.82) is 0 Å². The fraction of sp³-hybridized carbons (Fsp3) is 0.423. The van der Waals surface area contributed by atoms with Gasteiger partial charge in [-0.05, 0) is 59.7 Å². The summed E-state index contributed by atoms with van der Waals surface area (Å²) < 4.78 is 1.84. The van der Waals surface area contributed by atoms with Crippen LogP contribution in [0.3, 0.4) is 0 Å². The molecule has 2 fully saturated rings. The van der Waals surface area contributed by atoms with Crippen LogP contribution in [-0.2, 0) is 25.3 Å². The Kier molecular flexibility index (Phi) is 26.2. The quantitative estimate of drug-likeness (QED) is 0.0733. The van der Waals surface area contributed by atoms with Crippen molar-refractivity contribution in [2.75, 3.05) is 0 Å². The molecule has 2 heterocycles. The van der Waals surface area contributed by atoms with E-state index in [0.717, 1.165) is 50.7 Å². The number of fused-ring (bicyclic) bond motifs is 2. The van der Waals surface area contributed by atoms with Crippen molar-refractivity contribution in [2.24, 2.45) is 0 Å². The van der Waals surface area contributed by atoms with Crippen LogP contribution in [0.25, 0.3) is 0 Å². The number of aliphatic hydroxyl groups excluding tert-OH is 1. The molecule has 2 aliphatic carbocycles. The number of halogens is 4. The molecule has 15 heteroatoms. The maximum atomic E-state index is 12.8. The third-order valence-corrected chi connectivity index (χ3v) is 14.3. The Labute approximate surface area is 459 Å². The van der Waals surface area contributed by atoms with Gasteiger partial charge in [0.25, 0.3) is 23.6 Å². The van der Waals surface area contributed by atoms with Gasteiger partial charge in [-0.1, -0.05) is 173 Å². The van der Waals surface area contributed by atoms with Crippen LogP contribution >= 0.6 is 71.8 Å². The topological polar surface area (TPSA) is 112 Å². The molecule has 8 nitrogen and oxygen atoms in total. The maximum Gasteiger partial charge on any atom is 1.00 e. The molecule has 4 aliphatic rings. The minimum absolute atomic E-state index is 0. The Morgan fingerprint density at radius 1 is 0.642 bits per heavy atom. The van der Waals surface area contributed by atoms with Gasteiger partial charge in [0, 0.05) is 34.6 Å². The summed E-state index contributed by atoms with van der Waals surface area (Å²) in [5.74, 6) is 1.55. The summed E-state index contributed by atoms with van der Waals surface area (Å²) in [6, 6.07) is 28.7. The second-order valence-corrected chi connectivity index (χ2v) is 30.9. The molecule has 8 rings (SSSR count). The van der Waals surface area contributed by atoms with Crippen LogP contribution in [0.5, 0.6) is 0 Å². The number of aliphatic hydroxyl groups is 1. The van der Waals surface area contributed by atoms with Gasteiger partial charge < -0.3 is 13.5 Å². The molecular formula is C52H65BBr2I2LiN2O6V-. The normalized spacial score (nSPS) is 19.4. The van der Waals surface area contributed by atoms with Crippen molar-refractivity contribution in [2.45, 2.75) is 142 Å². The van der Waals surface area contributed by atoms with E-state index in [1.54, 1.807) is 48.5 Å². The molecule has 0 saturated heterocycles. The smallest absolute Gasteiger partial charge is 1.00 e. The number of Topliss-reactive ketones (excluding diaryl/α,β-unsaturated/α-hetero) is 1. The van der Waals surface area contributed by atoms with Gasteiger partial charge in [-0.15, -0.1) is 0 Å². The van der Waals surface area contributed by atoms with Crippen LogP contribution in [0.4, 0.5) is 0 Å². The second-order valence-electron chi connectivity index (χ2n) is 17.3. The molecule has 0 bridgehead atoms. The summed E-state index contributed by atoms with van der Waals surface area (Å²) in [5, 5.41) is 9.89. The van der Waals surface area contributed by atoms with Crippen LogP contribution in [0.1, 0.15) is 161 Å². The number of imide groups is 2. The molecule has 3 atom stereocenters. The average molecular weight is 1300 g/mol. The first-order chi connectivity index (χ1) is 31.0. The van der Waals surface area contributed by atoms with Crippen molar-refractivity contribution in [3.05, 3.63) is 146 Å². The Bertz CT molecular complexity index is 2190. The predicted molar refractivity (Wildman–Crippen MR) is 291 cm³/mol. The number of nitrogens with zero attached hydrogens (tertiary/aromatic N) is 2. The maximum absolute atomic E-state index is 12.8. The number of carbonyl (C=O) groups excluding carboxylic acids is 5. The Hall–Kier alpha value is -1.54. The van der Waals surface area contributed by atoms with Crippen molar-refractivity contribution < 1.29 is 58.8 Å². The molecule has 0 radical (unpaired) electrons. The zero-order valence-corrected chi connectivity index (χ0v) is 48.2. The number of benzene rings is 4. The predicted octanol–water partition coefficient (Wildman–Crippen LogP) is 12.0. The fourth-order valence-corrected chi connectivity index (χ4v) is 10.1. The van der Waals surface area contributed by atoms with E-state index >= 15 is 0 Å². The molecule has 0 aromatic heterocycles. The van der Waals surface area contributed by atoms with Gasteiger partial charge in [0.1, 0.15) is 12.5 Å². The number of amides is 4. The number of hydrogen-bond acceptors (Lipinski definition) is 6. The molecule has 0 spiro atoms. The summed E-state index contributed by atoms with van der Waals surface area (Å²) in [4.78, 5) is 65.5. The van der Waals surface area contributed by atoms with Gasteiger partial charge in [0.15, 0.2) is 0 Å². The average Bonchev–Trinajstić information content (AvgIpc) is 3.69. The fourth-order valence-electron chi connectivity index (χ4n) is 9.53. The molecular weight excluding hydrogens is 1230 g/mol. The van der Waals surface area contributed by atoms with Crippen molar-refractivity contribution in [1.82, 2.24) is 9.80 Å². The monoisotopic (exact) mass is 1290 g/mol. The van der Waals surface area contributed by atoms with E-state index in [1.165, 1.54) is 29.1 Å². The first-order valence-corrected chi connectivity index (χ1v) is 33.0. The second kappa shape index (κ2) is 28.5. The minimum Gasteiger partial charge on any atom is 1.00 e. The van der Waals surface area contributed by atoms with E-state index in [4.69, 9.17) is 0 Å². The van der Waals surface area contributed by atoms with Crippen LogP contribution in [-0.4, -0.2) is 57.1 Å². The van der Waals surface area contributed by atoms with Gasteiger partial charge in [-0.25, -0.2) is 0 Å². The van der Waals surface area contributed by atoms with E-state index in [2.05, 4.69) is 120 Å². The van der Waals surface area contributed by atoms with Crippen molar-refractivity contribution in [3.63, 3.8) is 0 Å². The van der Waals surface area contributed by atoms with Gasteiger partial charge in [0.2, 0.25) is 0 Å². The van der Waals surface area contributed by atoms with E-state index in [9.17, 15) is 29.1 Å². The van der Waals surface area contributed by atoms with Gasteiger partial charge >= 0.3 is 68.3 Å². The zero-order valence-electron chi connectivity index (χ0n) is 40.3. The van der Waals surface area contributed by atoms with E-state index in [-0.39, 0.29) is 70.0 Å². The summed E-state index contributed by atoms with van der Waals surface area (Å²) >= 11 is 11.5. The largest absolute Gasteiger partial charge is 1.00 e. The van der Waals surface area contributed by atoms with E-state index in [0.29, 0.717) is 44.6 Å². The molecule has 67 heavy (non-hydrogen) atoms. The number of ketones is 1. The summed E-state index contributed by atoms with van der Waals surface area (Å²) in [6.07, 6.45) is 5.61. The first kappa shape index (κ1) is 61.6. The summed E-state index contributed by atoms with van der Waals surface area (Å²) in [6.45, 7) is 20.7. The molecule has 4 aromatic rings. The Morgan fingerprint density at radius 3 is 1.16 bits per heavy atom. The van der Waals surface area contributed by atoms with Crippen LogP contribution in [0, 0.1) is 6.92 Å². The van der Waals surface area contributed by atoms with Gasteiger partial charge in [-0.2, -0.15) is 6.42 Å². The van der Waals surface area contributed by atoms with Crippen molar-refractivity contribution >= 4 is 108 Å². The standard InChI is InChI=1S/C18H14BrNO3.C18H12BrNO3.C12H27B.C3H7.CH4.2HI.Li.V.H/c2*19-12-7-5-11(6-8-12)18(9-13(21)10-18)20-16(22)14-3-1-2-4-15(14)17(20)23;1-7-10(4)13(11(5)8-2)12(6)9-3;1-3-2;;;;;;/h1-8,13,21H,9-10H2;1-8H,9-10H2;10-12H,7-9H2,1-6H3;1,3H2,2H3;1H4;2*1H;;;/q;;;-1;;;;+1;+2;-1/p-2. The summed E-state index contributed by atoms with van der Waals surface area (Å²) in [5.41, 5.74) is 1.78. The molecule has 4 amide bonds. The Balaban J connectivity index is 0.000000488. The van der Waals surface area contributed by atoms with E-state index in [1.807, 2.05) is 55.5 Å². The number of hydrogen-bond donors (Lipinski definition) is 1. The molecule has 2 aliphatic heterocycles. The van der Waals surface area contributed by atoms with E-state index < -0.39 is 17.2 Å². The Morgan fingerprint density at radius 2 is 0.910 bits per heavy atom. The van der Waals surface area contributed by atoms with Crippen LogP contribution < -0.4 is 18.9 Å². The third kappa shape index (κ3) is 13.9. The molecule has 3 unspecified atom stereocenters. The van der Waals surface area contributed by atoms with Gasteiger partial charge in [0.05, 0.1) is 39.4 Å². The minimum atomic E-state index is -0.856. The SMILES string of the molecule is C.CCC(C)B(C(C)CC)C(C)CC.O=C1CC(c2ccc(Br)cc2)(N2C(=O)c3ccccc3C2=O)C1.O=C1c2ccccc2C(=O)N1C1(c2ccc(Br)cc2)CC(O)C1.[CH2-]CC.[H-].[I][V][I].[Li+]. The molecule has 1 N–H and O–H groups in total. The third-order valence-electron chi connectivity index (χ3n) is 13.2. The number of carbonyl (C=O) groups is 5. The number of rotatable bonds is 10. The van der Waals surface area contributed by atoms with Crippen molar-refractivity contribution in [3.8, 4) is 0 Å². The zero-order chi connectivity index (χ0) is 48.2. The summed E-state index contributed by atoms with van der Waals surface area (Å²) in [7, 11) is 0.628. The first-order valence-electron chi connectivity index (χ1n) is 22.4. The molecule has 2 saturated carbocycles. The van der Waals surface area contributed by atoms with Crippen LogP contribution in [0.15, 0.2) is 106 Å².